The lowest BCUT2D eigenvalue weighted by molar-refractivity contribution is -0.137. The summed E-state index contributed by atoms with van der Waals surface area (Å²) in [5.41, 5.74) is 5.86. The van der Waals surface area contributed by atoms with E-state index in [4.69, 9.17) is 24.5 Å². The van der Waals surface area contributed by atoms with Crippen LogP contribution in [0.5, 0.6) is 0 Å². The van der Waals surface area contributed by atoms with E-state index in [1.165, 1.54) is 36.4 Å². The van der Waals surface area contributed by atoms with Gasteiger partial charge in [-0.1, -0.05) is 24.3 Å². The number of carbonyl (C=O) groups excluding carboxylic acids is 6. The molecule has 6 heterocycles. The number of alkyl halides is 5. The number of aliphatic hydroxyl groups is 3. The zero-order valence-corrected chi connectivity index (χ0v) is 56.9. The third-order valence-corrected chi connectivity index (χ3v) is 19.8. The van der Waals surface area contributed by atoms with Gasteiger partial charge in [0, 0.05) is 77.1 Å². The van der Waals surface area contributed by atoms with Crippen LogP contribution in [0.25, 0.3) is 33.1 Å². The van der Waals surface area contributed by atoms with Crippen molar-refractivity contribution < 1.29 is 80.2 Å². The minimum Gasteiger partial charge on any atom is -0.393 e. The summed E-state index contributed by atoms with van der Waals surface area (Å²) in [4.78, 5) is 94.8. The second kappa shape index (κ2) is 31.8. The quantitative estimate of drug-likeness (QED) is 0.0584. The van der Waals surface area contributed by atoms with Gasteiger partial charge >= 0.3 is 6.18 Å². The number of hydrogen-bond acceptors (Lipinski definition) is 16. The van der Waals surface area contributed by atoms with E-state index in [1.807, 2.05) is 50.1 Å². The highest BCUT2D eigenvalue weighted by Crippen LogP contribution is 2.41. The number of amides is 6. The van der Waals surface area contributed by atoms with Crippen LogP contribution in [0.3, 0.4) is 0 Å². The molecule has 3 aromatic heterocycles. The molecule has 6 amide bonds. The molecule has 0 bridgehead atoms. The van der Waals surface area contributed by atoms with Crippen molar-refractivity contribution in [1.29, 1.82) is 5.26 Å². The number of nitrogens with one attached hydrogen (secondary N) is 3. The van der Waals surface area contributed by atoms with E-state index in [9.17, 15) is 66.0 Å². The molecular weight excluding hydrogens is 1370 g/mol. The third-order valence-electron chi connectivity index (χ3n) is 19.8. The van der Waals surface area contributed by atoms with E-state index >= 15 is 0 Å². The predicted octanol–water partition coefficient (Wildman–Crippen LogP) is 11.2. The molecule has 3 aliphatic carbocycles. The minimum atomic E-state index is -4.57. The third kappa shape index (κ3) is 16.5. The number of aromatic nitrogens is 6. The van der Waals surface area contributed by atoms with Crippen molar-refractivity contribution in [3.63, 3.8) is 0 Å². The Kier molecular flexibility index (Phi) is 22.1. The molecule has 0 atom stereocenters. The molecule has 0 unspecified atom stereocenters. The van der Waals surface area contributed by atoms with Crippen molar-refractivity contribution >= 4 is 103 Å². The molecule has 6 aromatic carbocycles. The lowest BCUT2D eigenvalue weighted by Gasteiger charge is -2.28. The molecule has 3 saturated heterocycles. The molecule has 15 rings (SSSR count). The lowest BCUT2D eigenvalue weighted by Crippen LogP contribution is -2.41. The van der Waals surface area contributed by atoms with Gasteiger partial charge in [0.2, 0.25) is 17.8 Å². The molecule has 25 nitrogen and oxygen atoms in total. The van der Waals surface area contributed by atoms with Gasteiger partial charge in [-0.3, -0.25) is 44.7 Å². The first-order valence-corrected chi connectivity index (χ1v) is 34.9. The lowest BCUT2D eigenvalue weighted by atomic mass is 9.93. The summed E-state index contributed by atoms with van der Waals surface area (Å²) in [7, 11) is 0. The molecule has 30 heteroatoms. The Hall–Kier alpha value is -10.6. The molecule has 0 spiro atoms. The standard InChI is InChI=1S/C25H25F3N4O4.C25H26F2N4O4.C25H25N5O4/c26-25(27,28)16-3-1-2-15(12-16)23(35)30-24-29-20-13-18(31-10-11-36-14-22(31)34)6-9-21(20)32(24)17-4-7-19(33)8-5-17;26-23(27)15-2-1-3-16(12-15)24(34)29-25-28-20-13-18(30-10-11-35-14-22(30)33)6-9-21(20)31(25)17-4-7-19(32)8-5-17;26-14-16-2-1-3-17(12-16)24(33)28-25-27-21-13-19(29-10-11-34-15-23(29)32)6-9-22(21)30(25)18-4-7-20(31)8-5-18/h1-3,6,9,12-13,17,19,33H,4-5,7-8,10-11,14H2,(H,29,30,35);1-3,6,9,12-13,17,19,23,32H,4-5,7-8,10-11,14H2,(H,28,29,34);1-3,6,9,12-13,18,20,31H,4-5,7-8,10-11,15H2,(H,27,28,33). The SMILES string of the molecule is N#Cc1cccc(C(=O)Nc2nc3cc(N4CCOCC4=O)ccc3n2C2CCC(O)CC2)c1.O=C(Nc1nc2cc(N3CCOCC3=O)ccc2n1C1CCC(O)CC1)c1cccc(C(F)(F)F)c1.O=C(Nc1nc2cc(N3CCOCC3=O)ccc2n1C1CCC(O)CC1)c1cccc(C(F)F)c1. The monoisotopic (exact) mass is 1450 g/mol. The Morgan fingerprint density at radius 1 is 0.467 bits per heavy atom. The van der Waals surface area contributed by atoms with Gasteiger partial charge in [-0.05, 0) is 180 Å². The topological polar surface area (TPSA) is 314 Å². The van der Waals surface area contributed by atoms with Gasteiger partial charge in [0.25, 0.3) is 41.9 Å². The zero-order valence-electron chi connectivity index (χ0n) is 56.9. The number of imidazole rings is 3. The minimum absolute atomic E-state index is 0.00182. The maximum absolute atomic E-state index is 13.2. The maximum Gasteiger partial charge on any atom is 0.416 e. The fourth-order valence-corrected chi connectivity index (χ4v) is 14.4. The van der Waals surface area contributed by atoms with Gasteiger partial charge in [0.15, 0.2) is 0 Å². The highest BCUT2D eigenvalue weighted by molar-refractivity contribution is 6.07. The Labute approximate surface area is 598 Å². The van der Waals surface area contributed by atoms with Crippen LogP contribution in [-0.2, 0) is 34.8 Å². The Morgan fingerprint density at radius 3 is 1.15 bits per heavy atom. The molecule has 9 aromatic rings. The number of nitrogens with zero attached hydrogens (tertiary/aromatic N) is 10. The molecule has 3 aliphatic heterocycles. The van der Waals surface area contributed by atoms with E-state index < -0.39 is 36.1 Å². The number of rotatable bonds is 13. The van der Waals surface area contributed by atoms with Crippen LogP contribution < -0.4 is 30.7 Å². The molecule has 105 heavy (non-hydrogen) atoms. The number of aliphatic hydroxyl groups excluding tert-OH is 3. The van der Waals surface area contributed by atoms with Crippen LogP contribution in [0, 0.1) is 11.3 Å². The van der Waals surface area contributed by atoms with Crippen molar-refractivity contribution in [2.75, 3.05) is 89.9 Å². The average molecular weight is 1450 g/mol. The fraction of sp³-hybridized carbons (Fsp3) is 0.387. The number of benzene rings is 6. The van der Waals surface area contributed by atoms with Crippen LogP contribution in [0.15, 0.2) is 127 Å². The second-order valence-electron chi connectivity index (χ2n) is 26.7. The first-order chi connectivity index (χ1) is 50.6. The smallest absolute Gasteiger partial charge is 0.393 e. The number of morpholine rings is 3. The van der Waals surface area contributed by atoms with E-state index in [2.05, 4.69) is 32.0 Å². The van der Waals surface area contributed by atoms with Crippen molar-refractivity contribution in [2.24, 2.45) is 0 Å². The normalized spacial score (nSPS) is 21.0. The van der Waals surface area contributed by atoms with Gasteiger partial charge in [0.05, 0.1) is 88.4 Å². The van der Waals surface area contributed by atoms with Crippen LogP contribution in [-0.4, -0.2) is 157 Å². The zero-order chi connectivity index (χ0) is 73.6. The van der Waals surface area contributed by atoms with Gasteiger partial charge < -0.3 is 57.9 Å². The van der Waals surface area contributed by atoms with Gasteiger partial charge in [-0.25, -0.2) is 23.7 Å². The number of hydrogen-bond donors (Lipinski definition) is 6. The summed E-state index contributed by atoms with van der Waals surface area (Å²) in [6.07, 6.45) is -0.227. The van der Waals surface area contributed by atoms with E-state index in [1.54, 1.807) is 57.2 Å². The molecule has 3 saturated carbocycles. The van der Waals surface area contributed by atoms with Crippen molar-refractivity contribution in [3.8, 4) is 6.07 Å². The Morgan fingerprint density at radius 2 is 0.810 bits per heavy atom. The summed E-state index contributed by atoms with van der Waals surface area (Å²) in [5, 5.41) is 47.5. The number of ether oxygens (including phenoxy) is 3. The number of fused-ring (bicyclic) bond motifs is 3. The van der Waals surface area contributed by atoms with Gasteiger partial charge in [-0.15, -0.1) is 0 Å². The number of anilines is 6. The highest BCUT2D eigenvalue weighted by Gasteiger charge is 2.34. The Bertz CT molecular complexity index is 4780. The largest absolute Gasteiger partial charge is 0.416 e. The van der Waals surface area contributed by atoms with E-state index in [0.29, 0.717) is 155 Å². The van der Waals surface area contributed by atoms with Gasteiger partial charge in [-0.2, -0.15) is 18.4 Å². The summed E-state index contributed by atoms with van der Waals surface area (Å²) in [6, 6.07) is 34.7. The fourth-order valence-electron chi connectivity index (χ4n) is 14.4. The number of halogens is 5. The first kappa shape index (κ1) is 72.8. The van der Waals surface area contributed by atoms with Crippen LogP contribution in [0.1, 0.15) is 149 Å². The predicted molar refractivity (Wildman–Crippen MR) is 377 cm³/mol. The summed E-state index contributed by atoms with van der Waals surface area (Å²) < 4.78 is 87.2. The molecule has 6 aliphatic rings. The molecule has 6 fully saturated rings. The van der Waals surface area contributed by atoms with Crippen molar-refractivity contribution in [2.45, 2.75) is 126 Å². The highest BCUT2D eigenvalue weighted by atomic mass is 19.4. The maximum atomic E-state index is 13.2. The van der Waals surface area contributed by atoms with E-state index in [-0.39, 0.29) is 96.4 Å². The van der Waals surface area contributed by atoms with Crippen molar-refractivity contribution in [3.05, 3.63) is 161 Å². The van der Waals surface area contributed by atoms with E-state index in [0.717, 1.165) is 47.2 Å². The molecular formula is C75H76F5N13O12. The van der Waals surface area contributed by atoms with Crippen LogP contribution >= 0.6 is 0 Å². The van der Waals surface area contributed by atoms with Gasteiger partial charge in [0.1, 0.15) is 19.8 Å². The molecule has 6 N–H and O–H groups in total. The van der Waals surface area contributed by atoms with Crippen molar-refractivity contribution in [1.82, 2.24) is 28.7 Å². The molecule has 548 valence electrons. The Balaban J connectivity index is 0.000000140. The average Bonchev–Trinajstić information content (AvgIpc) is 1.64. The number of carbonyl (C=O) groups is 6. The van der Waals surface area contributed by atoms with Crippen LogP contribution in [0.2, 0.25) is 0 Å². The molecule has 0 radical (unpaired) electrons. The first-order valence-electron chi connectivity index (χ1n) is 34.9. The summed E-state index contributed by atoms with van der Waals surface area (Å²) in [5.74, 6) is -1.08. The van der Waals surface area contributed by atoms with Crippen LogP contribution in [0.4, 0.5) is 56.9 Å². The second-order valence-corrected chi connectivity index (χ2v) is 26.7. The summed E-state index contributed by atoms with van der Waals surface area (Å²) >= 11 is 0. The summed E-state index contributed by atoms with van der Waals surface area (Å²) in [6.45, 7) is 2.74. The number of nitriles is 1.